The summed E-state index contributed by atoms with van der Waals surface area (Å²) in [4.78, 5) is 0. The predicted octanol–water partition coefficient (Wildman–Crippen LogP) is 3.48. The number of halogens is 1. The van der Waals surface area contributed by atoms with Gasteiger partial charge in [0.1, 0.15) is 0 Å². The Morgan fingerprint density at radius 1 is 1.57 bits per heavy atom. The minimum Gasteiger partial charge on any atom is -0.392 e. The van der Waals surface area contributed by atoms with E-state index in [0.717, 1.165) is 6.42 Å². The molecule has 2 heteroatoms. The second kappa shape index (κ2) is 3.71. The summed E-state index contributed by atoms with van der Waals surface area (Å²) in [6.07, 6.45) is 5.38. The van der Waals surface area contributed by atoms with Gasteiger partial charge in [0.15, 0.2) is 0 Å². The highest BCUT2D eigenvalue weighted by molar-refractivity contribution is 6.29. The van der Waals surface area contributed by atoms with Crippen molar-refractivity contribution in [3.05, 3.63) is 23.8 Å². The molecule has 0 saturated carbocycles. The van der Waals surface area contributed by atoms with Crippen LogP contribution in [0.5, 0.6) is 0 Å². The molecule has 0 aromatic heterocycles. The molecule has 14 heavy (non-hydrogen) atoms. The van der Waals surface area contributed by atoms with Crippen molar-refractivity contribution in [2.45, 2.75) is 39.7 Å². The number of rotatable bonds is 2. The topological polar surface area (TPSA) is 20.2 Å². The minimum absolute atomic E-state index is 0.0736. The lowest BCUT2D eigenvalue weighted by Gasteiger charge is -2.44. The first-order chi connectivity index (χ1) is 6.28. The van der Waals surface area contributed by atoms with Gasteiger partial charge in [-0.2, -0.15) is 0 Å². The van der Waals surface area contributed by atoms with Crippen LogP contribution in [0.4, 0.5) is 0 Å². The maximum Gasteiger partial charge on any atom is 0.0685 e. The molecule has 0 aliphatic heterocycles. The lowest BCUT2D eigenvalue weighted by atomic mass is 9.64. The zero-order valence-electron chi connectivity index (χ0n) is 9.18. The maximum absolute atomic E-state index is 10.3. The van der Waals surface area contributed by atoms with Crippen LogP contribution in [0.2, 0.25) is 0 Å². The molecule has 1 N–H and O–H groups in total. The van der Waals surface area contributed by atoms with Gasteiger partial charge in [0.25, 0.3) is 0 Å². The van der Waals surface area contributed by atoms with Crippen LogP contribution in [0.3, 0.4) is 0 Å². The standard InChI is InChI=1S/C12H19ClO/c1-9(13)8-12(4)7-5-6-11(2,3)10(12)14/h5,7,10,14H,1,6,8H2,2-4H3. The van der Waals surface area contributed by atoms with Crippen LogP contribution in [0.25, 0.3) is 0 Å². The van der Waals surface area contributed by atoms with Gasteiger partial charge in [0, 0.05) is 10.4 Å². The van der Waals surface area contributed by atoms with E-state index in [9.17, 15) is 5.11 Å². The predicted molar refractivity (Wildman–Crippen MR) is 61.3 cm³/mol. The molecule has 2 unspecified atom stereocenters. The Hall–Kier alpha value is -0.270. The summed E-state index contributed by atoms with van der Waals surface area (Å²) in [5.74, 6) is 0. The molecule has 80 valence electrons. The van der Waals surface area contributed by atoms with Gasteiger partial charge in [-0.25, -0.2) is 0 Å². The van der Waals surface area contributed by atoms with Crippen LogP contribution in [-0.2, 0) is 0 Å². The van der Waals surface area contributed by atoms with Crippen LogP contribution in [0.1, 0.15) is 33.6 Å². The molecule has 0 saturated heterocycles. The van der Waals surface area contributed by atoms with Gasteiger partial charge in [0.05, 0.1) is 6.10 Å². The van der Waals surface area contributed by atoms with Gasteiger partial charge in [0.2, 0.25) is 0 Å². The summed E-state index contributed by atoms with van der Waals surface area (Å²) in [7, 11) is 0. The molecular weight excluding hydrogens is 196 g/mol. The molecule has 0 bridgehead atoms. The van der Waals surface area contributed by atoms with E-state index in [1.54, 1.807) is 0 Å². The summed E-state index contributed by atoms with van der Waals surface area (Å²) in [6.45, 7) is 9.89. The van der Waals surface area contributed by atoms with Gasteiger partial charge in [-0.05, 0) is 18.3 Å². The number of hydrogen-bond acceptors (Lipinski definition) is 1. The SMILES string of the molecule is C=C(Cl)CC1(C)C=CCC(C)(C)C1O. The third-order valence-corrected chi connectivity index (χ3v) is 3.21. The zero-order chi connectivity index (χ0) is 11.0. The average Bonchev–Trinajstić information content (AvgIpc) is 1.98. The fourth-order valence-corrected chi connectivity index (χ4v) is 2.58. The second-order valence-electron chi connectivity index (χ2n) is 5.20. The summed E-state index contributed by atoms with van der Waals surface area (Å²) in [5, 5.41) is 10.9. The van der Waals surface area contributed by atoms with Crippen LogP contribution in [-0.4, -0.2) is 11.2 Å². The van der Waals surface area contributed by atoms with E-state index in [0.29, 0.717) is 11.5 Å². The first-order valence-electron chi connectivity index (χ1n) is 4.97. The average molecular weight is 215 g/mol. The van der Waals surface area contributed by atoms with Crippen LogP contribution < -0.4 is 0 Å². The molecule has 0 radical (unpaired) electrons. The van der Waals surface area contributed by atoms with E-state index in [1.165, 1.54) is 0 Å². The monoisotopic (exact) mass is 214 g/mol. The van der Waals surface area contributed by atoms with Crippen molar-refractivity contribution in [1.82, 2.24) is 0 Å². The molecule has 1 aliphatic rings. The molecule has 1 nitrogen and oxygen atoms in total. The zero-order valence-corrected chi connectivity index (χ0v) is 9.93. The van der Waals surface area contributed by atoms with Crippen LogP contribution >= 0.6 is 11.6 Å². The maximum atomic E-state index is 10.3. The third kappa shape index (κ3) is 2.21. The molecule has 0 aromatic rings. The van der Waals surface area contributed by atoms with E-state index >= 15 is 0 Å². The molecule has 0 fully saturated rings. The minimum atomic E-state index is -0.365. The van der Waals surface area contributed by atoms with Gasteiger partial charge >= 0.3 is 0 Å². The summed E-state index contributed by atoms with van der Waals surface area (Å²) in [5.41, 5.74) is -0.337. The molecular formula is C12H19ClO. The Balaban J connectivity index is 2.93. The highest BCUT2D eigenvalue weighted by Crippen LogP contribution is 2.45. The third-order valence-electron chi connectivity index (χ3n) is 3.08. The van der Waals surface area contributed by atoms with E-state index in [2.05, 4.69) is 32.6 Å². The fourth-order valence-electron chi connectivity index (χ4n) is 2.30. The second-order valence-corrected chi connectivity index (χ2v) is 5.73. The van der Waals surface area contributed by atoms with Gasteiger partial charge in [-0.15, -0.1) is 0 Å². The largest absolute Gasteiger partial charge is 0.392 e. The van der Waals surface area contributed by atoms with Crippen molar-refractivity contribution >= 4 is 11.6 Å². The van der Waals surface area contributed by atoms with Gasteiger partial charge < -0.3 is 5.11 Å². The van der Waals surface area contributed by atoms with Crippen molar-refractivity contribution in [1.29, 1.82) is 0 Å². The number of aliphatic hydroxyl groups excluding tert-OH is 1. The molecule has 0 spiro atoms. The van der Waals surface area contributed by atoms with E-state index < -0.39 is 0 Å². The first kappa shape index (κ1) is 11.8. The van der Waals surface area contributed by atoms with Gasteiger partial charge in [-0.1, -0.05) is 51.1 Å². The fraction of sp³-hybridized carbons (Fsp3) is 0.667. The van der Waals surface area contributed by atoms with Crippen molar-refractivity contribution in [3.8, 4) is 0 Å². The summed E-state index contributed by atoms with van der Waals surface area (Å²) in [6, 6.07) is 0. The molecule has 0 amide bonds. The Kier molecular flexibility index (Phi) is 3.13. The molecule has 0 aromatic carbocycles. The van der Waals surface area contributed by atoms with Crippen LogP contribution in [0.15, 0.2) is 23.8 Å². The Bertz CT molecular complexity index is 267. The number of allylic oxidation sites excluding steroid dienone is 2. The smallest absolute Gasteiger partial charge is 0.0685 e. The molecule has 1 aliphatic carbocycles. The highest BCUT2D eigenvalue weighted by atomic mass is 35.5. The molecule has 1 rings (SSSR count). The van der Waals surface area contributed by atoms with Crippen molar-refractivity contribution in [2.75, 3.05) is 0 Å². The molecule has 0 heterocycles. The molecule has 2 atom stereocenters. The Labute approximate surface area is 91.5 Å². The first-order valence-corrected chi connectivity index (χ1v) is 5.35. The normalized spacial score (nSPS) is 35.6. The lowest BCUT2D eigenvalue weighted by Crippen LogP contribution is -2.44. The highest BCUT2D eigenvalue weighted by Gasteiger charge is 2.42. The van der Waals surface area contributed by atoms with E-state index in [-0.39, 0.29) is 16.9 Å². The van der Waals surface area contributed by atoms with Gasteiger partial charge in [-0.3, -0.25) is 0 Å². The van der Waals surface area contributed by atoms with Crippen LogP contribution in [0, 0.1) is 10.8 Å². The summed E-state index contributed by atoms with van der Waals surface area (Å²) >= 11 is 5.82. The number of hydrogen-bond donors (Lipinski definition) is 1. The quantitative estimate of drug-likeness (QED) is 0.698. The number of aliphatic hydroxyl groups is 1. The van der Waals surface area contributed by atoms with Crippen molar-refractivity contribution in [3.63, 3.8) is 0 Å². The Morgan fingerprint density at radius 3 is 2.64 bits per heavy atom. The van der Waals surface area contributed by atoms with E-state index in [4.69, 9.17) is 11.6 Å². The van der Waals surface area contributed by atoms with Crippen molar-refractivity contribution in [2.24, 2.45) is 10.8 Å². The van der Waals surface area contributed by atoms with E-state index in [1.807, 2.05) is 6.92 Å². The van der Waals surface area contributed by atoms with Crippen molar-refractivity contribution < 1.29 is 5.11 Å². The lowest BCUT2D eigenvalue weighted by molar-refractivity contribution is -0.0322. The summed E-state index contributed by atoms with van der Waals surface area (Å²) < 4.78 is 0. The Morgan fingerprint density at radius 2 is 2.14 bits per heavy atom.